The van der Waals surface area contributed by atoms with Gasteiger partial charge in [0.1, 0.15) is 5.75 Å². The molecular weight excluding hydrogens is 282 g/mol. The van der Waals surface area contributed by atoms with Crippen LogP contribution in [0.4, 0.5) is 0 Å². The fraction of sp³-hybridized carbons (Fsp3) is 0.438. The number of benzene rings is 1. The van der Waals surface area contributed by atoms with Crippen LogP contribution in [-0.2, 0) is 6.54 Å². The summed E-state index contributed by atoms with van der Waals surface area (Å²) in [6.45, 7) is 6.05. The molecule has 1 saturated heterocycles. The first-order valence-corrected chi connectivity index (χ1v) is 8.14. The minimum absolute atomic E-state index is 0.395. The smallest absolute Gasteiger partial charge is 0.118 e. The zero-order chi connectivity index (χ0) is 14.7. The predicted octanol–water partition coefficient (Wildman–Crippen LogP) is 2.61. The normalized spacial score (nSPS) is 19.6. The number of rotatable bonds is 4. The summed E-state index contributed by atoms with van der Waals surface area (Å²) in [6.07, 6.45) is 0. The summed E-state index contributed by atoms with van der Waals surface area (Å²) in [5, 5.41) is 6.80. The van der Waals surface area contributed by atoms with E-state index in [-0.39, 0.29) is 0 Å². The van der Waals surface area contributed by atoms with Crippen molar-refractivity contribution in [2.24, 2.45) is 0 Å². The Morgan fingerprint density at radius 3 is 2.86 bits per heavy atom. The molecule has 1 aliphatic rings. The third-order valence-corrected chi connectivity index (χ3v) is 4.71. The summed E-state index contributed by atoms with van der Waals surface area (Å²) >= 11 is 1.73. The first-order valence-electron chi connectivity index (χ1n) is 7.26. The highest BCUT2D eigenvalue weighted by Crippen LogP contribution is 2.26. The van der Waals surface area contributed by atoms with E-state index in [1.54, 1.807) is 18.4 Å². The Hall–Kier alpha value is -1.43. The fourth-order valence-corrected chi connectivity index (χ4v) is 3.38. The van der Waals surface area contributed by atoms with Crippen LogP contribution in [0.5, 0.6) is 5.75 Å². The van der Waals surface area contributed by atoms with Crippen LogP contribution >= 0.6 is 11.3 Å². The van der Waals surface area contributed by atoms with Crippen molar-refractivity contribution in [2.75, 3.05) is 26.7 Å². The van der Waals surface area contributed by atoms with Crippen LogP contribution in [-0.4, -0.2) is 36.6 Å². The quantitative estimate of drug-likeness (QED) is 0.942. The first kappa shape index (κ1) is 14.5. The van der Waals surface area contributed by atoms with Gasteiger partial charge < -0.3 is 10.1 Å². The molecule has 0 amide bonds. The van der Waals surface area contributed by atoms with E-state index in [4.69, 9.17) is 4.74 Å². The lowest BCUT2D eigenvalue weighted by Crippen LogP contribution is -2.45. The van der Waals surface area contributed by atoms with Gasteiger partial charge >= 0.3 is 0 Å². The van der Waals surface area contributed by atoms with Crippen molar-refractivity contribution < 1.29 is 4.74 Å². The summed E-state index contributed by atoms with van der Waals surface area (Å²) < 4.78 is 5.24. The second-order valence-electron chi connectivity index (χ2n) is 5.32. The molecule has 1 aromatic heterocycles. The molecule has 0 saturated carbocycles. The number of aryl methyl sites for hydroxylation is 1. The van der Waals surface area contributed by atoms with Crippen molar-refractivity contribution in [2.45, 2.75) is 19.5 Å². The van der Waals surface area contributed by atoms with Crippen LogP contribution in [0.1, 0.15) is 22.3 Å². The maximum absolute atomic E-state index is 5.24. The van der Waals surface area contributed by atoms with E-state index in [0.717, 1.165) is 36.9 Å². The van der Waals surface area contributed by atoms with E-state index in [1.165, 1.54) is 11.3 Å². The van der Waals surface area contributed by atoms with Crippen molar-refractivity contribution in [3.8, 4) is 5.75 Å². The molecule has 1 fully saturated rings. The Labute approximate surface area is 129 Å². The summed E-state index contributed by atoms with van der Waals surface area (Å²) in [7, 11) is 1.70. The molecule has 1 unspecified atom stereocenters. The van der Waals surface area contributed by atoms with Gasteiger partial charge in [-0.2, -0.15) is 0 Å². The summed E-state index contributed by atoms with van der Waals surface area (Å²) in [4.78, 5) is 7.10. The molecule has 0 spiro atoms. The molecule has 1 aliphatic heterocycles. The molecule has 112 valence electrons. The number of aromatic nitrogens is 1. The number of nitrogens with zero attached hydrogens (tertiary/aromatic N) is 2. The number of ether oxygens (including phenoxy) is 1. The molecule has 1 N–H and O–H groups in total. The molecule has 2 aromatic rings. The van der Waals surface area contributed by atoms with E-state index in [9.17, 15) is 0 Å². The van der Waals surface area contributed by atoms with E-state index < -0.39 is 0 Å². The van der Waals surface area contributed by atoms with Crippen molar-refractivity contribution >= 4 is 11.3 Å². The summed E-state index contributed by atoms with van der Waals surface area (Å²) in [5.41, 5.74) is 2.51. The Morgan fingerprint density at radius 1 is 1.38 bits per heavy atom. The highest BCUT2D eigenvalue weighted by Gasteiger charge is 2.24. The van der Waals surface area contributed by atoms with E-state index >= 15 is 0 Å². The van der Waals surface area contributed by atoms with Gasteiger partial charge in [-0.15, -0.1) is 11.3 Å². The van der Waals surface area contributed by atoms with Crippen molar-refractivity contribution in [3.63, 3.8) is 0 Å². The maximum atomic E-state index is 5.24. The average molecular weight is 303 g/mol. The van der Waals surface area contributed by atoms with Crippen molar-refractivity contribution in [1.82, 2.24) is 15.2 Å². The Balaban J connectivity index is 1.76. The van der Waals surface area contributed by atoms with Gasteiger partial charge in [0.2, 0.25) is 0 Å². The molecule has 0 radical (unpaired) electrons. The number of piperazine rings is 1. The largest absolute Gasteiger partial charge is 0.497 e. The lowest BCUT2D eigenvalue weighted by molar-refractivity contribution is 0.152. The lowest BCUT2D eigenvalue weighted by atomic mass is 10.0. The SMILES string of the molecule is COc1ccc(C2CNCCN2Cc2csc(C)n2)cc1. The topological polar surface area (TPSA) is 37.4 Å². The third-order valence-electron chi connectivity index (χ3n) is 3.89. The molecule has 0 bridgehead atoms. The lowest BCUT2D eigenvalue weighted by Gasteiger charge is -2.36. The molecule has 1 atom stereocenters. The molecule has 1 aromatic carbocycles. The Kier molecular flexibility index (Phi) is 4.53. The molecule has 5 heteroatoms. The molecule has 4 nitrogen and oxygen atoms in total. The highest BCUT2D eigenvalue weighted by atomic mass is 32.1. The van der Waals surface area contributed by atoms with Crippen LogP contribution in [0, 0.1) is 6.92 Å². The number of methoxy groups -OCH3 is 1. The van der Waals surface area contributed by atoms with Crippen LogP contribution in [0.2, 0.25) is 0 Å². The fourth-order valence-electron chi connectivity index (χ4n) is 2.78. The summed E-state index contributed by atoms with van der Waals surface area (Å²) in [5.74, 6) is 0.907. The van der Waals surface area contributed by atoms with E-state index in [2.05, 4.69) is 39.6 Å². The van der Waals surface area contributed by atoms with Gasteiger partial charge in [0, 0.05) is 37.6 Å². The van der Waals surface area contributed by atoms with Crippen LogP contribution in [0.3, 0.4) is 0 Å². The standard InChI is InChI=1S/C16H21N3OS/c1-12-18-14(11-21-12)10-19-8-7-17-9-16(19)13-3-5-15(20-2)6-4-13/h3-6,11,16-17H,7-10H2,1-2H3. The zero-order valence-corrected chi connectivity index (χ0v) is 13.3. The first-order chi connectivity index (χ1) is 10.3. The van der Waals surface area contributed by atoms with Gasteiger partial charge in [0.05, 0.1) is 17.8 Å². The molecule has 0 aliphatic carbocycles. The summed E-state index contributed by atoms with van der Waals surface area (Å²) in [6, 6.07) is 8.79. The van der Waals surface area contributed by atoms with Gasteiger partial charge in [0.25, 0.3) is 0 Å². The molecule has 3 rings (SSSR count). The third kappa shape index (κ3) is 3.43. The molecule has 21 heavy (non-hydrogen) atoms. The molecular formula is C16H21N3OS. The Morgan fingerprint density at radius 2 is 2.19 bits per heavy atom. The minimum atomic E-state index is 0.395. The van der Waals surface area contributed by atoms with Crippen molar-refractivity contribution in [1.29, 1.82) is 0 Å². The molecule has 2 heterocycles. The highest BCUT2D eigenvalue weighted by molar-refractivity contribution is 7.09. The van der Waals surface area contributed by atoms with Crippen LogP contribution in [0.15, 0.2) is 29.6 Å². The average Bonchev–Trinajstić information content (AvgIpc) is 2.93. The van der Waals surface area contributed by atoms with Crippen LogP contribution < -0.4 is 10.1 Å². The minimum Gasteiger partial charge on any atom is -0.497 e. The van der Waals surface area contributed by atoms with E-state index in [1.807, 2.05) is 12.1 Å². The second-order valence-corrected chi connectivity index (χ2v) is 6.38. The number of hydrogen-bond donors (Lipinski definition) is 1. The number of nitrogens with one attached hydrogen (secondary N) is 1. The van der Waals surface area contributed by atoms with Crippen molar-refractivity contribution in [3.05, 3.63) is 45.9 Å². The van der Waals surface area contributed by atoms with Gasteiger partial charge in [-0.1, -0.05) is 12.1 Å². The second kappa shape index (κ2) is 6.56. The monoisotopic (exact) mass is 303 g/mol. The zero-order valence-electron chi connectivity index (χ0n) is 12.5. The van der Waals surface area contributed by atoms with Crippen LogP contribution in [0.25, 0.3) is 0 Å². The Bertz CT molecular complexity index is 581. The maximum Gasteiger partial charge on any atom is 0.118 e. The van der Waals surface area contributed by atoms with Gasteiger partial charge in [-0.25, -0.2) is 4.98 Å². The number of thiazole rings is 1. The number of hydrogen-bond acceptors (Lipinski definition) is 5. The predicted molar refractivity (Wildman–Crippen MR) is 85.9 cm³/mol. The van der Waals surface area contributed by atoms with Gasteiger partial charge in [-0.05, 0) is 24.6 Å². The van der Waals surface area contributed by atoms with E-state index in [0.29, 0.717) is 6.04 Å². The van der Waals surface area contributed by atoms with Gasteiger partial charge in [0.15, 0.2) is 0 Å². The van der Waals surface area contributed by atoms with Gasteiger partial charge in [-0.3, -0.25) is 4.90 Å².